The van der Waals surface area contributed by atoms with Gasteiger partial charge in [0.1, 0.15) is 11.4 Å². The second-order valence-corrected chi connectivity index (χ2v) is 6.16. The molecule has 4 rings (SSSR count). The SMILES string of the molecule is O=C(O)c1cc(Br)cnc1NC1CN2CCC1CC2. The first-order valence-corrected chi connectivity index (χ1v) is 7.30. The van der Waals surface area contributed by atoms with E-state index in [9.17, 15) is 9.90 Å². The minimum atomic E-state index is -0.947. The van der Waals surface area contributed by atoms with Crippen molar-refractivity contribution in [3.05, 3.63) is 22.3 Å². The molecular weight excluding hydrogens is 310 g/mol. The van der Waals surface area contributed by atoms with E-state index in [1.807, 2.05) is 0 Å². The molecule has 0 amide bonds. The molecule has 3 aliphatic heterocycles. The molecule has 0 spiro atoms. The summed E-state index contributed by atoms with van der Waals surface area (Å²) in [5.41, 5.74) is 0.228. The van der Waals surface area contributed by atoms with Gasteiger partial charge in [-0.25, -0.2) is 9.78 Å². The molecule has 0 saturated carbocycles. The van der Waals surface area contributed by atoms with Gasteiger partial charge in [-0.15, -0.1) is 0 Å². The normalized spacial score (nSPS) is 29.2. The molecule has 0 aliphatic carbocycles. The van der Waals surface area contributed by atoms with Gasteiger partial charge in [0, 0.05) is 23.3 Å². The fraction of sp³-hybridized carbons (Fsp3) is 0.538. The zero-order valence-corrected chi connectivity index (χ0v) is 12.1. The highest BCUT2D eigenvalue weighted by molar-refractivity contribution is 9.10. The number of carboxylic acids is 1. The summed E-state index contributed by atoms with van der Waals surface area (Å²) < 4.78 is 0.685. The number of carboxylic acid groups (broad SMARTS) is 1. The Morgan fingerprint density at radius 2 is 2.21 bits per heavy atom. The van der Waals surface area contributed by atoms with Crippen LogP contribution in [0.3, 0.4) is 0 Å². The second kappa shape index (κ2) is 5.09. The first kappa shape index (κ1) is 12.9. The van der Waals surface area contributed by atoms with Crippen LogP contribution in [-0.4, -0.2) is 46.6 Å². The van der Waals surface area contributed by atoms with Gasteiger partial charge in [-0.05, 0) is 53.8 Å². The van der Waals surface area contributed by atoms with Crippen LogP contribution in [0.25, 0.3) is 0 Å². The monoisotopic (exact) mass is 325 g/mol. The van der Waals surface area contributed by atoms with E-state index in [0.29, 0.717) is 22.3 Å². The molecule has 0 radical (unpaired) electrons. The average molecular weight is 326 g/mol. The number of fused-ring (bicyclic) bond motifs is 3. The maximum Gasteiger partial charge on any atom is 0.339 e. The van der Waals surface area contributed by atoms with Crippen molar-refractivity contribution in [2.75, 3.05) is 25.0 Å². The molecular formula is C13H16BrN3O2. The highest BCUT2D eigenvalue weighted by Gasteiger charge is 2.34. The van der Waals surface area contributed by atoms with Gasteiger partial charge >= 0.3 is 5.97 Å². The van der Waals surface area contributed by atoms with Crippen molar-refractivity contribution < 1.29 is 9.90 Å². The minimum Gasteiger partial charge on any atom is -0.478 e. The maximum absolute atomic E-state index is 11.3. The van der Waals surface area contributed by atoms with Gasteiger partial charge < -0.3 is 15.3 Å². The van der Waals surface area contributed by atoms with E-state index in [2.05, 4.69) is 31.1 Å². The molecule has 2 N–H and O–H groups in total. The first-order chi connectivity index (χ1) is 9.13. The number of nitrogens with one attached hydrogen (secondary N) is 1. The summed E-state index contributed by atoms with van der Waals surface area (Å²) in [6.45, 7) is 3.33. The molecule has 5 nitrogen and oxygen atoms in total. The molecule has 3 fully saturated rings. The number of nitrogens with zero attached hydrogens (tertiary/aromatic N) is 2. The standard InChI is InChI=1S/C13H16BrN3O2/c14-9-5-10(13(18)19)12(15-6-9)16-11-7-17-3-1-8(11)2-4-17/h5-6,8,11H,1-4,7H2,(H,15,16)(H,18,19). The fourth-order valence-corrected chi connectivity index (χ4v) is 3.35. The number of halogens is 1. The van der Waals surface area contributed by atoms with Crippen LogP contribution in [0.1, 0.15) is 23.2 Å². The highest BCUT2D eigenvalue weighted by atomic mass is 79.9. The van der Waals surface area contributed by atoms with Crippen LogP contribution in [0, 0.1) is 5.92 Å². The third-order valence-electron chi connectivity index (χ3n) is 4.06. The lowest BCUT2D eigenvalue weighted by molar-refractivity contribution is 0.0696. The second-order valence-electron chi connectivity index (χ2n) is 5.24. The molecule has 19 heavy (non-hydrogen) atoms. The molecule has 4 heterocycles. The Morgan fingerprint density at radius 3 is 2.79 bits per heavy atom. The first-order valence-electron chi connectivity index (χ1n) is 6.51. The number of aromatic carboxylic acids is 1. The summed E-state index contributed by atoms with van der Waals surface area (Å²) >= 11 is 3.26. The van der Waals surface area contributed by atoms with Crippen LogP contribution >= 0.6 is 15.9 Å². The number of carbonyl (C=O) groups is 1. The fourth-order valence-electron chi connectivity index (χ4n) is 3.02. The van der Waals surface area contributed by atoms with Crippen LogP contribution in [-0.2, 0) is 0 Å². The average Bonchev–Trinajstić information content (AvgIpc) is 2.42. The van der Waals surface area contributed by atoms with E-state index in [-0.39, 0.29) is 5.56 Å². The van der Waals surface area contributed by atoms with Gasteiger partial charge in [-0.2, -0.15) is 0 Å². The molecule has 1 aromatic heterocycles. The van der Waals surface area contributed by atoms with Crippen LogP contribution in [0.5, 0.6) is 0 Å². The van der Waals surface area contributed by atoms with Crippen molar-refractivity contribution in [1.82, 2.24) is 9.88 Å². The number of anilines is 1. The van der Waals surface area contributed by atoms with Crippen LogP contribution in [0.15, 0.2) is 16.7 Å². The van der Waals surface area contributed by atoms with Gasteiger partial charge in [-0.1, -0.05) is 0 Å². The molecule has 1 unspecified atom stereocenters. The summed E-state index contributed by atoms with van der Waals surface area (Å²) in [5, 5.41) is 12.6. The van der Waals surface area contributed by atoms with E-state index in [4.69, 9.17) is 0 Å². The van der Waals surface area contributed by atoms with Crippen molar-refractivity contribution in [2.24, 2.45) is 5.92 Å². The van der Waals surface area contributed by atoms with E-state index < -0.39 is 5.97 Å². The molecule has 102 valence electrons. The topological polar surface area (TPSA) is 65.5 Å². The third kappa shape index (κ3) is 2.60. The summed E-state index contributed by atoms with van der Waals surface area (Å²) in [4.78, 5) is 17.9. The van der Waals surface area contributed by atoms with Gasteiger partial charge in [-0.3, -0.25) is 0 Å². The number of hydrogen-bond acceptors (Lipinski definition) is 4. The Labute approximate surface area is 120 Å². The Hall–Kier alpha value is -1.14. The zero-order valence-electron chi connectivity index (χ0n) is 10.5. The summed E-state index contributed by atoms with van der Waals surface area (Å²) in [6, 6.07) is 1.91. The predicted molar refractivity (Wildman–Crippen MR) is 75.5 cm³/mol. The minimum absolute atomic E-state index is 0.228. The number of piperidine rings is 3. The van der Waals surface area contributed by atoms with E-state index in [1.54, 1.807) is 12.3 Å². The van der Waals surface area contributed by atoms with Gasteiger partial charge in [0.2, 0.25) is 0 Å². The lowest BCUT2D eigenvalue weighted by Gasteiger charge is -2.45. The van der Waals surface area contributed by atoms with Crippen molar-refractivity contribution in [3.63, 3.8) is 0 Å². The zero-order chi connectivity index (χ0) is 13.4. The van der Waals surface area contributed by atoms with Gasteiger partial charge in [0.25, 0.3) is 0 Å². The number of pyridine rings is 1. The molecule has 3 saturated heterocycles. The van der Waals surface area contributed by atoms with Gasteiger partial charge in [0.15, 0.2) is 0 Å². The van der Waals surface area contributed by atoms with Crippen LogP contribution in [0.4, 0.5) is 5.82 Å². The smallest absolute Gasteiger partial charge is 0.339 e. The third-order valence-corrected chi connectivity index (χ3v) is 4.50. The highest BCUT2D eigenvalue weighted by Crippen LogP contribution is 2.30. The molecule has 1 aromatic rings. The number of hydrogen-bond donors (Lipinski definition) is 2. The Kier molecular flexibility index (Phi) is 3.45. The molecule has 1 atom stereocenters. The molecule has 3 aliphatic rings. The molecule has 6 heteroatoms. The Morgan fingerprint density at radius 1 is 1.47 bits per heavy atom. The molecule has 2 bridgehead atoms. The summed E-state index contributed by atoms with van der Waals surface area (Å²) in [7, 11) is 0. The summed E-state index contributed by atoms with van der Waals surface area (Å²) in [6.07, 6.45) is 4.02. The van der Waals surface area contributed by atoms with Crippen molar-refractivity contribution in [3.8, 4) is 0 Å². The lowest BCUT2D eigenvalue weighted by Crippen LogP contribution is -2.53. The van der Waals surface area contributed by atoms with Crippen LogP contribution in [0.2, 0.25) is 0 Å². The van der Waals surface area contributed by atoms with E-state index in [0.717, 1.165) is 6.54 Å². The summed E-state index contributed by atoms with van der Waals surface area (Å²) in [5.74, 6) is 0.170. The van der Waals surface area contributed by atoms with Gasteiger partial charge in [0.05, 0.1) is 0 Å². The van der Waals surface area contributed by atoms with Crippen molar-refractivity contribution >= 4 is 27.7 Å². The largest absolute Gasteiger partial charge is 0.478 e. The predicted octanol–water partition coefficient (Wildman–Crippen LogP) is 2.05. The van der Waals surface area contributed by atoms with Crippen molar-refractivity contribution in [2.45, 2.75) is 18.9 Å². The molecule has 0 aromatic carbocycles. The van der Waals surface area contributed by atoms with E-state index in [1.165, 1.54) is 25.9 Å². The Balaban J connectivity index is 1.81. The number of rotatable bonds is 3. The maximum atomic E-state index is 11.3. The quantitative estimate of drug-likeness (QED) is 0.890. The number of aromatic nitrogens is 1. The Bertz CT molecular complexity index is 501. The van der Waals surface area contributed by atoms with Crippen molar-refractivity contribution in [1.29, 1.82) is 0 Å². The lowest BCUT2D eigenvalue weighted by atomic mass is 9.84. The van der Waals surface area contributed by atoms with E-state index >= 15 is 0 Å². The van der Waals surface area contributed by atoms with Crippen LogP contribution < -0.4 is 5.32 Å².